The summed E-state index contributed by atoms with van der Waals surface area (Å²) in [5.41, 5.74) is -1.59. The van der Waals surface area contributed by atoms with Crippen molar-refractivity contribution in [3.05, 3.63) is 88.5 Å². The van der Waals surface area contributed by atoms with Gasteiger partial charge in [-0.25, -0.2) is 26.3 Å². The molecule has 0 heterocycles. The van der Waals surface area contributed by atoms with Gasteiger partial charge in [0, 0.05) is 17.7 Å². The van der Waals surface area contributed by atoms with Gasteiger partial charge in [0.05, 0.1) is 0 Å². The molecule has 0 radical (unpaired) electrons. The molecule has 0 N–H and O–H groups in total. The van der Waals surface area contributed by atoms with E-state index in [-0.39, 0.29) is 29.2 Å². The summed E-state index contributed by atoms with van der Waals surface area (Å²) in [6, 6.07) is 5.52. The second-order valence-corrected chi connectivity index (χ2v) is 8.21. The summed E-state index contributed by atoms with van der Waals surface area (Å²) in [4.78, 5) is 0. The van der Waals surface area contributed by atoms with Crippen LogP contribution in [0, 0.1) is 34.9 Å². The van der Waals surface area contributed by atoms with Gasteiger partial charge in [-0.05, 0) is 48.1 Å². The summed E-state index contributed by atoms with van der Waals surface area (Å²) in [5, 5.41) is 0. The smallest absolute Gasteiger partial charge is 0.429 e. The summed E-state index contributed by atoms with van der Waals surface area (Å²) >= 11 is 0. The maximum atomic E-state index is 14.8. The number of halogens is 8. The molecular weight excluding hydrogens is 468 g/mol. The molecule has 1 saturated carbocycles. The van der Waals surface area contributed by atoms with Gasteiger partial charge in [-0.15, -0.1) is 0 Å². The Balaban J connectivity index is 1.64. The lowest BCUT2D eigenvalue weighted by Crippen LogP contribution is -2.25. The maximum Gasteiger partial charge on any atom is 0.432 e. The van der Waals surface area contributed by atoms with Crippen LogP contribution in [0.1, 0.15) is 49.1 Å². The van der Waals surface area contributed by atoms with Crippen molar-refractivity contribution in [2.75, 3.05) is 0 Å². The predicted octanol–water partition coefficient (Wildman–Crippen LogP) is 8.36. The predicted molar refractivity (Wildman–Crippen MR) is 108 cm³/mol. The van der Waals surface area contributed by atoms with Crippen molar-refractivity contribution >= 4 is 0 Å². The zero-order valence-corrected chi connectivity index (χ0v) is 17.6. The highest BCUT2D eigenvalue weighted by molar-refractivity contribution is 5.65. The molecular formula is C25H18F8O. The molecule has 0 aliphatic heterocycles. The first kappa shape index (κ1) is 24.0. The lowest BCUT2D eigenvalue weighted by atomic mass is 9.83. The fourth-order valence-electron chi connectivity index (χ4n) is 4.25. The van der Waals surface area contributed by atoms with E-state index >= 15 is 0 Å². The third kappa shape index (κ3) is 4.74. The molecule has 1 aliphatic carbocycles. The largest absolute Gasteiger partial charge is 0.432 e. The van der Waals surface area contributed by atoms with E-state index in [2.05, 4.69) is 4.74 Å². The van der Waals surface area contributed by atoms with Crippen molar-refractivity contribution in [2.24, 2.45) is 0 Å². The van der Waals surface area contributed by atoms with Gasteiger partial charge in [-0.1, -0.05) is 31.4 Å². The molecule has 0 aromatic heterocycles. The Morgan fingerprint density at radius 1 is 0.676 bits per heavy atom. The summed E-state index contributed by atoms with van der Waals surface area (Å²) in [7, 11) is 0. The Morgan fingerprint density at radius 2 is 1.26 bits per heavy atom. The van der Waals surface area contributed by atoms with E-state index in [9.17, 15) is 35.1 Å². The van der Waals surface area contributed by atoms with Gasteiger partial charge in [0.25, 0.3) is 0 Å². The van der Waals surface area contributed by atoms with E-state index < -0.39 is 52.3 Å². The number of benzene rings is 3. The number of alkyl halides is 2. The van der Waals surface area contributed by atoms with Crippen LogP contribution in [0.3, 0.4) is 0 Å². The third-order valence-corrected chi connectivity index (χ3v) is 5.92. The quantitative estimate of drug-likeness (QED) is 0.260. The molecule has 1 nitrogen and oxygen atoms in total. The van der Waals surface area contributed by atoms with E-state index in [1.54, 1.807) is 6.07 Å². The monoisotopic (exact) mass is 486 g/mol. The normalized spacial score (nSPS) is 14.9. The average molecular weight is 486 g/mol. The first-order valence-corrected chi connectivity index (χ1v) is 10.6. The SMILES string of the molecule is Fc1cc(C2CCCCC2)ccc1-c1cc(F)c(C(F)(F)Oc2cc(F)c(F)c(F)c2)c(F)c1. The molecule has 0 saturated heterocycles. The molecule has 0 amide bonds. The van der Waals surface area contributed by atoms with Gasteiger partial charge in [0.2, 0.25) is 0 Å². The van der Waals surface area contributed by atoms with Gasteiger partial charge < -0.3 is 4.74 Å². The molecule has 3 aromatic rings. The Labute approximate surface area is 190 Å². The summed E-state index contributed by atoms with van der Waals surface area (Å²) in [5.74, 6) is -10.9. The molecule has 180 valence electrons. The topological polar surface area (TPSA) is 9.23 Å². The Kier molecular flexibility index (Phi) is 6.55. The Hall–Kier alpha value is -3.10. The molecule has 3 aromatic carbocycles. The van der Waals surface area contributed by atoms with E-state index in [4.69, 9.17) is 0 Å². The minimum absolute atomic E-state index is 0.111. The van der Waals surface area contributed by atoms with Crippen LogP contribution >= 0.6 is 0 Å². The molecule has 1 fully saturated rings. The molecule has 34 heavy (non-hydrogen) atoms. The molecule has 4 rings (SSSR count). The van der Waals surface area contributed by atoms with E-state index in [0.717, 1.165) is 37.7 Å². The van der Waals surface area contributed by atoms with Gasteiger partial charge in [-0.2, -0.15) is 8.78 Å². The molecule has 0 unspecified atom stereocenters. The molecule has 0 spiro atoms. The first-order chi connectivity index (χ1) is 16.1. The lowest BCUT2D eigenvalue weighted by Gasteiger charge is -2.22. The van der Waals surface area contributed by atoms with Crippen LogP contribution in [0.25, 0.3) is 11.1 Å². The lowest BCUT2D eigenvalue weighted by molar-refractivity contribution is -0.189. The Morgan fingerprint density at radius 3 is 1.82 bits per heavy atom. The van der Waals surface area contributed by atoms with E-state index in [1.165, 1.54) is 12.1 Å². The average Bonchev–Trinajstić information content (AvgIpc) is 2.77. The molecule has 9 heteroatoms. The van der Waals surface area contributed by atoms with Crippen LogP contribution in [-0.4, -0.2) is 0 Å². The summed E-state index contributed by atoms with van der Waals surface area (Å²) < 4.78 is 117. The summed E-state index contributed by atoms with van der Waals surface area (Å²) in [6.45, 7) is 0. The number of rotatable bonds is 5. The fraction of sp³-hybridized carbons (Fsp3) is 0.280. The highest BCUT2D eigenvalue weighted by atomic mass is 19.3. The highest BCUT2D eigenvalue weighted by Gasteiger charge is 2.41. The fourth-order valence-corrected chi connectivity index (χ4v) is 4.25. The van der Waals surface area contributed by atoms with Crippen LogP contribution in [-0.2, 0) is 6.11 Å². The highest BCUT2D eigenvalue weighted by Crippen LogP contribution is 2.39. The molecule has 0 atom stereocenters. The number of ether oxygens (including phenoxy) is 1. The second-order valence-electron chi connectivity index (χ2n) is 8.21. The summed E-state index contributed by atoms with van der Waals surface area (Å²) in [6.07, 6.45) is 0.272. The zero-order valence-electron chi connectivity index (χ0n) is 17.6. The van der Waals surface area contributed by atoms with Crippen molar-refractivity contribution < 1.29 is 39.9 Å². The maximum absolute atomic E-state index is 14.8. The van der Waals surface area contributed by atoms with Crippen LogP contribution in [0.2, 0.25) is 0 Å². The van der Waals surface area contributed by atoms with Crippen molar-refractivity contribution in [3.63, 3.8) is 0 Å². The van der Waals surface area contributed by atoms with Crippen LogP contribution in [0.15, 0.2) is 42.5 Å². The second kappa shape index (κ2) is 9.27. The number of hydrogen-bond donors (Lipinski definition) is 0. The van der Waals surface area contributed by atoms with Crippen LogP contribution < -0.4 is 4.74 Å². The van der Waals surface area contributed by atoms with Crippen molar-refractivity contribution in [1.82, 2.24) is 0 Å². The zero-order chi connectivity index (χ0) is 24.6. The van der Waals surface area contributed by atoms with Gasteiger partial charge in [0.1, 0.15) is 28.8 Å². The van der Waals surface area contributed by atoms with Gasteiger partial charge in [0.15, 0.2) is 17.5 Å². The minimum Gasteiger partial charge on any atom is -0.429 e. The van der Waals surface area contributed by atoms with Crippen LogP contribution in [0.5, 0.6) is 5.75 Å². The van der Waals surface area contributed by atoms with Gasteiger partial charge in [-0.3, -0.25) is 0 Å². The molecule has 1 aliphatic rings. The van der Waals surface area contributed by atoms with Crippen molar-refractivity contribution in [2.45, 2.75) is 44.1 Å². The standard InChI is InChI=1S/C25H18F8O/c26-18-8-14(13-4-2-1-3-5-13)6-7-17(18)15-9-19(27)23(20(28)10-15)25(32,33)34-16-11-21(29)24(31)22(30)12-16/h6-13H,1-5H2. The van der Waals surface area contributed by atoms with E-state index in [0.29, 0.717) is 12.1 Å². The Bertz CT molecular complexity index is 1170. The first-order valence-electron chi connectivity index (χ1n) is 10.6. The molecule has 0 bridgehead atoms. The van der Waals surface area contributed by atoms with Crippen molar-refractivity contribution in [1.29, 1.82) is 0 Å². The van der Waals surface area contributed by atoms with E-state index in [1.807, 2.05) is 0 Å². The van der Waals surface area contributed by atoms with Crippen LogP contribution in [0.4, 0.5) is 35.1 Å². The minimum atomic E-state index is -4.72. The van der Waals surface area contributed by atoms with Gasteiger partial charge >= 0.3 is 6.11 Å². The number of hydrogen-bond acceptors (Lipinski definition) is 1. The third-order valence-electron chi connectivity index (χ3n) is 5.92. The van der Waals surface area contributed by atoms with Crippen molar-refractivity contribution in [3.8, 4) is 16.9 Å².